The molecule has 1 amide bonds. The van der Waals surface area contributed by atoms with E-state index in [0.29, 0.717) is 0 Å². The standard InChI is InChI=1S/C8H7F3.CH3NO/c1-6-4-2-3-5-7(6)8(9,10)11;2-1-3/h2-5H,1H3;1H,(H2,2,3). The van der Waals surface area contributed by atoms with E-state index >= 15 is 0 Å². The van der Waals surface area contributed by atoms with E-state index < -0.39 is 11.7 Å². The summed E-state index contributed by atoms with van der Waals surface area (Å²) in [5.74, 6) is 0. The highest BCUT2D eigenvalue weighted by molar-refractivity contribution is 5.42. The third-order valence-corrected chi connectivity index (χ3v) is 1.45. The van der Waals surface area contributed by atoms with E-state index in [0.717, 1.165) is 6.07 Å². The fourth-order valence-electron chi connectivity index (χ4n) is 0.891. The van der Waals surface area contributed by atoms with Crippen LogP contribution < -0.4 is 5.73 Å². The number of hydrogen-bond acceptors (Lipinski definition) is 1. The monoisotopic (exact) mass is 205 g/mol. The summed E-state index contributed by atoms with van der Waals surface area (Å²) in [6.45, 7) is 1.45. The van der Waals surface area contributed by atoms with E-state index in [2.05, 4.69) is 5.73 Å². The summed E-state index contributed by atoms with van der Waals surface area (Å²) in [4.78, 5) is 8.58. The summed E-state index contributed by atoms with van der Waals surface area (Å²) in [7, 11) is 0. The number of primary amides is 1. The molecule has 2 nitrogen and oxygen atoms in total. The lowest BCUT2D eigenvalue weighted by Crippen LogP contribution is -2.06. The Hall–Kier alpha value is -1.52. The zero-order valence-corrected chi connectivity index (χ0v) is 7.51. The fourth-order valence-corrected chi connectivity index (χ4v) is 0.891. The minimum Gasteiger partial charge on any atom is -0.372 e. The van der Waals surface area contributed by atoms with Crippen molar-refractivity contribution in [2.45, 2.75) is 13.1 Å². The van der Waals surface area contributed by atoms with Gasteiger partial charge in [0.1, 0.15) is 0 Å². The van der Waals surface area contributed by atoms with E-state index in [1.807, 2.05) is 0 Å². The Balaban J connectivity index is 0.000000500. The van der Waals surface area contributed by atoms with Crippen molar-refractivity contribution in [2.24, 2.45) is 5.73 Å². The molecule has 0 heterocycles. The smallest absolute Gasteiger partial charge is 0.372 e. The summed E-state index contributed by atoms with van der Waals surface area (Å²) in [5.41, 5.74) is 3.88. The summed E-state index contributed by atoms with van der Waals surface area (Å²) in [5, 5.41) is 0. The van der Waals surface area contributed by atoms with Crippen LogP contribution in [0.15, 0.2) is 24.3 Å². The first kappa shape index (κ1) is 12.5. The quantitative estimate of drug-likeness (QED) is 0.647. The molecule has 0 radical (unpaired) electrons. The van der Waals surface area contributed by atoms with Crippen LogP contribution in [0.1, 0.15) is 11.1 Å². The molecule has 0 saturated carbocycles. The molecular weight excluding hydrogens is 195 g/mol. The first-order valence-corrected chi connectivity index (χ1v) is 3.71. The average molecular weight is 205 g/mol. The molecule has 0 saturated heterocycles. The van der Waals surface area contributed by atoms with Crippen LogP contribution in [0.2, 0.25) is 0 Å². The molecule has 0 aromatic heterocycles. The van der Waals surface area contributed by atoms with Gasteiger partial charge in [-0.1, -0.05) is 18.2 Å². The van der Waals surface area contributed by atoms with Gasteiger partial charge in [0.15, 0.2) is 0 Å². The van der Waals surface area contributed by atoms with Crippen LogP contribution in [0.25, 0.3) is 0 Å². The summed E-state index contributed by atoms with van der Waals surface area (Å²) >= 11 is 0. The molecule has 0 aliphatic rings. The van der Waals surface area contributed by atoms with E-state index in [9.17, 15) is 13.2 Å². The molecule has 1 aromatic rings. The lowest BCUT2D eigenvalue weighted by atomic mass is 10.1. The summed E-state index contributed by atoms with van der Waals surface area (Å²) < 4.78 is 36.1. The number of aryl methyl sites for hydroxylation is 1. The Labute approximate surface area is 79.5 Å². The number of nitrogens with two attached hydrogens (primary N) is 1. The summed E-state index contributed by atoms with van der Waals surface area (Å²) in [6.07, 6.45) is -3.97. The van der Waals surface area contributed by atoms with Crippen LogP contribution >= 0.6 is 0 Å². The zero-order valence-electron chi connectivity index (χ0n) is 7.51. The van der Waals surface area contributed by atoms with Crippen molar-refractivity contribution in [1.82, 2.24) is 0 Å². The van der Waals surface area contributed by atoms with Gasteiger partial charge in [-0.05, 0) is 18.6 Å². The van der Waals surface area contributed by atoms with Crippen molar-refractivity contribution in [3.63, 3.8) is 0 Å². The molecule has 0 atom stereocenters. The maximum absolute atomic E-state index is 12.0. The molecule has 1 aromatic carbocycles. The fraction of sp³-hybridized carbons (Fsp3) is 0.222. The normalized spacial score (nSPS) is 10.0. The zero-order chi connectivity index (χ0) is 11.2. The molecular formula is C9H10F3NO. The highest BCUT2D eigenvalue weighted by atomic mass is 19.4. The topological polar surface area (TPSA) is 43.1 Å². The van der Waals surface area contributed by atoms with Crippen LogP contribution in [0.5, 0.6) is 0 Å². The number of carbonyl (C=O) groups excluding carboxylic acids is 1. The minimum absolute atomic E-state index is 0.250. The molecule has 0 aliphatic heterocycles. The highest BCUT2D eigenvalue weighted by Gasteiger charge is 2.31. The largest absolute Gasteiger partial charge is 0.416 e. The first-order chi connectivity index (χ1) is 6.43. The van der Waals surface area contributed by atoms with Gasteiger partial charge in [-0.25, -0.2) is 0 Å². The molecule has 0 aliphatic carbocycles. The van der Waals surface area contributed by atoms with Crippen molar-refractivity contribution in [2.75, 3.05) is 0 Å². The maximum Gasteiger partial charge on any atom is 0.416 e. The third-order valence-electron chi connectivity index (χ3n) is 1.45. The van der Waals surface area contributed by atoms with Gasteiger partial charge in [0.2, 0.25) is 6.41 Å². The Morgan fingerprint density at radius 2 is 1.71 bits per heavy atom. The Morgan fingerprint density at radius 1 is 1.29 bits per heavy atom. The molecule has 5 heteroatoms. The second-order valence-electron chi connectivity index (χ2n) is 2.45. The molecule has 0 spiro atoms. The van der Waals surface area contributed by atoms with Crippen LogP contribution in [-0.4, -0.2) is 6.41 Å². The van der Waals surface area contributed by atoms with Crippen LogP contribution in [-0.2, 0) is 11.0 Å². The number of carbonyl (C=O) groups is 1. The van der Waals surface area contributed by atoms with Crippen LogP contribution in [0.4, 0.5) is 13.2 Å². The first-order valence-electron chi connectivity index (χ1n) is 3.71. The van der Waals surface area contributed by atoms with Gasteiger partial charge >= 0.3 is 6.18 Å². The number of amides is 1. The summed E-state index contributed by atoms with van der Waals surface area (Å²) in [6, 6.07) is 5.50. The van der Waals surface area contributed by atoms with E-state index in [4.69, 9.17) is 4.79 Å². The Bertz CT molecular complexity index is 296. The van der Waals surface area contributed by atoms with Crippen LogP contribution in [0, 0.1) is 6.92 Å². The number of alkyl halides is 3. The number of rotatable bonds is 0. The number of hydrogen-bond donors (Lipinski definition) is 1. The van der Waals surface area contributed by atoms with E-state index in [1.54, 1.807) is 6.07 Å². The van der Waals surface area contributed by atoms with Gasteiger partial charge in [0.05, 0.1) is 5.56 Å². The van der Waals surface area contributed by atoms with Crippen molar-refractivity contribution in [1.29, 1.82) is 0 Å². The van der Waals surface area contributed by atoms with Gasteiger partial charge in [-0.3, -0.25) is 4.79 Å². The molecule has 0 unspecified atom stereocenters. The van der Waals surface area contributed by atoms with Gasteiger partial charge in [-0.2, -0.15) is 13.2 Å². The number of halogens is 3. The lowest BCUT2D eigenvalue weighted by Gasteiger charge is -2.08. The SMILES string of the molecule is Cc1ccccc1C(F)(F)F.NC=O. The lowest BCUT2D eigenvalue weighted by molar-refractivity contribution is -0.138. The number of benzene rings is 1. The minimum atomic E-state index is -4.22. The maximum atomic E-state index is 12.0. The third kappa shape index (κ3) is 3.93. The van der Waals surface area contributed by atoms with E-state index in [1.165, 1.54) is 19.1 Å². The molecule has 78 valence electrons. The molecule has 0 bridgehead atoms. The van der Waals surface area contributed by atoms with Crippen molar-refractivity contribution in [3.05, 3.63) is 35.4 Å². The van der Waals surface area contributed by atoms with Gasteiger partial charge < -0.3 is 5.73 Å². The Morgan fingerprint density at radius 3 is 2.00 bits per heavy atom. The second kappa shape index (κ2) is 5.26. The molecule has 14 heavy (non-hydrogen) atoms. The van der Waals surface area contributed by atoms with Gasteiger partial charge in [-0.15, -0.1) is 0 Å². The molecule has 1 rings (SSSR count). The average Bonchev–Trinajstić information content (AvgIpc) is 2.04. The van der Waals surface area contributed by atoms with Crippen LogP contribution in [0.3, 0.4) is 0 Å². The van der Waals surface area contributed by atoms with Gasteiger partial charge in [0, 0.05) is 0 Å². The Kier molecular flexibility index (Phi) is 4.69. The molecule has 2 N–H and O–H groups in total. The second-order valence-corrected chi connectivity index (χ2v) is 2.45. The van der Waals surface area contributed by atoms with Gasteiger partial charge in [0.25, 0.3) is 0 Å². The molecule has 0 fully saturated rings. The highest BCUT2D eigenvalue weighted by Crippen LogP contribution is 2.31. The predicted octanol–water partition coefficient (Wildman–Crippen LogP) is 2.12. The van der Waals surface area contributed by atoms with Crippen molar-refractivity contribution in [3.8, 4) is 0 Å². The van der Waals surface area contributed by atoms with Crippen molar-refractivity contribution < 1.29 is 18.0 Å². The van der Waals surface area contributed by atoms with E-state index in [-0.39, 0.29) is 12.0 Å². The van der Waals surface area contributed by atoms with Crippen molar-refractivity contribution >= 4 is 6.41 Å². The predicted molar refractivity (Wildman–Crippen MR) is 46.4 cm³/mol.